The van der Waals surface area contributed by atoms with Crippen molar-refractivity contribution >= 4 is 0 Å². The van der Waals surface area contributed by atoms with Crippen molar-refractivity contribution in [3.8, 4) is 0 Å². The topological polar surface area (TPSA) is 12.5 Å². The van der Waals surface area contributed by atoms with Crippen LogP contribution in [0, 0.1) is 5.92 Å². The van der Waals surface area contributed by atoms with E-state index in [-0.39, 0.29) is 0 Å². The first-order chi connectivity index (χ1) is 7.35. The Morgan fingerprint density at radius 3 is 2.93 bits per heavy atom. The maximum Gasteiger partial charge on any atom is 0.0594 e. The number of hydrogen-bond acceptors (Lipinski definition) is 2. The zero-order valence-corrected chi connectivity index (χ0v) is 9.41. The molecule has 2 unspecified atom stereocenters. The second-order valence-corrected chi connectivity index (χ2v) is 4.83. The van der Waals surface area contributed by atoms with Gasteiger partial charge >= 0.3 is 0 Å². The molecule has 0 amide bonds. The summed E-state index contributed by atoms with van der Waals surface area (Å²) in [7, 11) is 0. The zero-order chi connectivity index (χ0) is 10.3. The Labute approximate surface area is 91.6 Å². The van der Waals surface area contributed by atoms with Gasteiger partial charge in [0.1, 0.15) is 0 Å². The first-order valence-electron chi connectivity index (χ1n) is 6.08. The summed E-state index contributed by atoms with van der Waals surface area (Å²) in [6, 6.07) is 0. The molecule has 0 aromatic rings. The van der Waals surface area contributed by atoms with Crippen molar-refractivity contribution in [1.29, 1.82) is 0 Å². The maximum atomic E-state index is 5.42. The van der Waals surface area contributed by atoms with Crippen LogP contribution in [0.4, 0.5) is 0 Å². The van der Waals surface area contributed by atoms with Gasteiger partial charge in [0.05, 0.1) is 13.2 Å². The second kappa shape index (κ2) is 3.46. The number of hydrogen-bond donors (Lipinski definition) is 0. The monoisotopic (exact) mass is 205 g/mol. The molecule has 2 fully saturated rings. The fourth-order valence-corrected chi connectivity index (χ4v) is 2.94. The Bertz CT molecular complexity index is 314. The minimum Gasteiger partial charge on any atom is -0.379 e. The van der Waals surface area contributed by atoms with Gasteiger partial charge in [-0.3, -0.25) is 4.90 Å². The number of nitrogens with zero attached hydrogens (tertiary/aromatic N) is 1. The van der Waals surface area contributed by atoms with Crippen LogP contribution in [0.1, 0.15) is 19.8 Å². The number of allylic oxidation sites excluding steroid dienone is 2. The quantitative estimate of drug-likeness (QED) is 0.683. The van der Waals surface area contributed by atoms with E-state index in [9.17, 15) is 0 Å². The normalized spacial score (nSPS) is 39.8. The van der Waals surface area contributed by atoms with E-state index >= 15 is 0 Å². The van der Waals surface area contributed by atoms with E-state index < -0.39 is 0 Å². The molecule has 0 bridgehead atoms. The molecule has 1 saturated carbocycles. The van der Waals surface area contributed by atoms with Gasteiger partial charge in [0.25, 0.3) is 0 Å². The van der Waals surface area contributed by atoms with E-state index in [4.69, 9.17) is 4.74 Å². The average Bonchev–Trinajstić information content (AvgIpc) is 3.04. The number of ether oxygens (including phenoxy) is 1. The van der Waals surface area contributed by atoms with E-state index in [0.717, 1.165) is 32.2 Å². The summed E-state index contributed by atoms with van der Waals surface area (Å²) in [5.74, 6) is 0.788. The SMILES string of the molecule is CCC1=CC2CC2(N2CCOCC2)C=C1. The summed E-state index contributed by atoms with van der Waals surface area (Å²) in [6.07, 6.45) is 9.76. The summed E-state index contributed by atoms with van der Waals surface area (Å²) in [6.45, 7) is 6.27. The van der Waals surface area contributed by atoms with Gasteiger partial charge in [0.2, 0.25) is 0 Å². The molecule has 3 aliphatic rings. The van der Waals surface area contributed by atoms with Crippen LogP contribution in [0.2, 0.25) is 0 Å². The molecule has 3 rings (SSSR count). The van der Waals surface area contributed by atoms with Gasteiger partial charge in [-0.2, -0.15) is 0 Å². The minimum absolute atomic E-state index is 0.391. The lowest BCUT2D eigenvalue weighted by Gasteiger charge is -2.34. The molecule has 0 radical (unpaired) electrons. The van der Waals surface area contributed by atoms with Crippen molar-refractivity contribution in [2.75, 3.05) is 26.3 Å². The van der Waals surface area contributed by atoms with Gasteiger partial charge in [-0.25, -0.2) is 0 Å². The van der Waals surface area contributed by atoms with Gasteiger partial charge in [0.15, 0.2) is 0 Å². The van der Waals surface area contributed by atoms with E-state index in [1.807, 2.05) is 0 Å². The highest BCUT2D eigenvalue weighted by molar-refractivity contribution is 5.40. The molecule has 1 saturated heterocycles. The summed E-state index contributed by atoms with van der Waals surface area (Å²) in [5.41, 5.74) is 1.91. The van der Waals surface area contributed by atoms with E-state index in [0.29, 0.717) is 5.54 Å². The first-order valence-corrected chi connectivity index (χ1v) is 6.08. The molecule has 82 valence electrons. The van der Waals surface area contributed by atoms with Crippen molar-refractivity contribution in [2.45, 2.75) is 25.3 Å². The van der Waals surface area contributed by atoms with Crippen molar-refractivity contribution in [3.63, 3.8) is 0 Å². The van der Waals surface area contributed by atoms with E-state index in [2.05, 4.69) is 30.1 Å². The molecular weight excluding hydrogens is 186 g/mol. The van der Waals surface area contributed by atoms with Gasteiger partial charge < -0.3 is 4.74 Å². The highest BCUT2D eigenvalue weighted by atomic mass is 16.5. The largest absolute Gasteiger partial charge is 0.379 e. The van der Waals surface area contributed by atoms with Crippen LogP contribution in [-0.4, -0.2) is 36.7 Å². The van der Waals surface area contributed by atoms with Crippen molar-refractivity contribution in [3.05, 3.63) is 23.8 Å². The van der Waals surface area contributed by atoms with Gasteiger partial charge in [0, 0.05) is 24.5 Å². The highest BCUT2D eigenvalue weighted by Crippen LogP contribution is 2.53. The Morgan fingerprint density at radius 1 is 1.47 bits per heavy atom. The summed E-state index contributed by atoms with van der Waals surface area (Å²) < 4.78 is 5.42. The lowest BCUT2D eigenvalue weighted by atomic mass is 10.00. The third kappa shape index (κ3) is 1.47. The van der Waals surface area contributed by atoms with Crippen molar-refractivity contribution in [1.82, 2.24) is 4.90 Å². The molecule has 0 spiro atoms. The lowest BCUT2D eigenvalue weighted by Crippen LogP contribution is -2.45. The summed E-state index contributed by atoms with van der Waals surface area (Å²) >= 11 is 0. The fourth-order valence-electron chi connectivity index (χ4n) is 2.94. The van der Waals surface area contributed by atoms with E-state index in [1.165, 1.54) is 18.4 Å². The molecule has 0 aromatic carbocycles. The predicted molar refractivity (Wildman–Crippen MR) is 60.7 cm³/mol. The second-order valence-electron chi connectivity index (χ2n) is 4.83. The maximum absolute atomic E-state index is 5.42. The summed E-state index contributed by atoms with van der Waals surface area (Å²) in [4.78, 5) is 2.61. The number of rotatable bonds is 2. The molecular formula is C13H19NO. The van der Waals surface area contributed by atoms with Crippen molar-refractivity contribution in [2.24, 2.45) is 5.92 Å². The van der Waals surface area contributed by atoms with Crippen molar-refractivity contribution < 1.29 is 4.74 Å². The molecule has 2 atom stereocenters. The zero-order valence-electron chi connectivity index (χ0n) is 9.41. The molecule has 1 heterocycles. The third-order valence-electron chi connectivity index (χ3n) is 4.04. The first kappa shape index (κ1) is 9.61. The minimum atomic E-state index is 0.391. The van der Waals surface area contributed by atoms with E-state index in [1.54, 1.807) is 0 Å². The smallest absolute Gasteiger partial charge is 0.0594 e. The molecule has 2 heteroatoms. The van der Waals surface area contributed by atoms with Crippen LogP contribution in [0.25, 0.3) is 0 Å². The molecule has 0 N–H and O–H groups in total. The summed E-state index contributed by atoms with van der Waals surface area (Å²) in [5, 5.41) is 0. The number of fused-ring (bicyclic) bond motifs is 1. The third-order valence-corrected chi connectivity index (χ3v) is 4.04. The van der Waals surface area contributed by atoms with Crippen LogP contribution >= 0.6 is 0 Å². The van der Waals surface area contributed by atoms with Gasteiger partial charge in [-0.15, -0.1) is 0 Å². The number of morpholine rings is 1. The molecule has 15 heavy (non-hydrogen) atoms. The Hall–Kier alpha value is -0.600. The Kier molecular flexibility index (Phi) is 2.22. The van der Waals surface area contributed by atoms with Gasteiger partial charge in [-0.1, -0.05) is 30.7 Å². The molecule has 1 aliphatic heterocycles. The van der Waals surface area contributed by atoms with Crippen LogP contribution in [0.15, 0.2) is 23.8 Å². The van der Waals surface area contributed by atoms with Crippen LogP contribution in [0.5, 0.6) is 0 Å². The predicted octanol–water partition coefficient (Wildman–Crippen LogP) is 1.98. The lowest BCUT2D eigenvalue weighted by molar-refractivity contribution is 0.0177. The van der Waals surface area contributed by atoms with Crippen LogP contribution in [-0.2, 0) is 4.74 Å². The molecule has 0 aromatic heterocycles. The fraction of sp³-hybridized carbons (Fsp3) is 0.692. The van der Waals surface area contributed by atoms with Crippen LogP contribution < -0.4 is 0 Å². The van der Waals surface area contributed by atoms with Crippen LogP contribution in [0.3, 0.4) is 0 Å². The average molecular weight is 205 g/mol. The Morgan fingerprint density at radius 2 is 2.27 bits per heavy atom. The molecule has 2 aliphatic carbocycles. The standard InChI is InChI=1S/C13H19NO/c1-2-11-3-4-13(10-12(13)9-11)14-5-7-15-8-6-14/h3-4,9,12H,2,5-8,10H2,1H3. The molecule has 2 nitrogen and oxygen atoms in total. The Balaban J connectivity index is 1.74. The highest BCUT2D eigenvalue weighted by Gasteiger charge is 2.56. The van der Waals surface area contributed by atoms with Gasteiger partial charge in [-0.05, 0) is 12.8 Å².